The number of carbonyl (C=O) groups excluding carboxylic acids is 1. The third-order valence-corrected chi connectivity index (χ3v) is 3.37. The summed E-state index contributed by atoms with van der Waals surface area (Å²) in [6.45, 7) is 1.74. The molecule has 1 aliphatic heterocycles. The third-order valence-electron chi connectivity index (χ3n) is 3.37. The van der Waals surface area contributed by atoms with Crippen molar-refractivity contribution in [3.05, 3.63) is 12.1 Å². The normalized spacial score (nSPS) is 16.8. The largest absolute Gasteiger partial charge is 0.396 e. The number of anilines is 3. The Morgan fingerprint density at radius 3 is 2.56 bits per heavy atom. The van der Waals surface area contributed by atoms with Crippen LogP contribution in [-0.2, 0) is 4.79 Å². The summed E-state index contributed by atoms with van der Waals surface area (Å²) in [5, 5.41) is 0. The topological polar surface area (TPSA) is 111 Å². The quantitative estimate of drug-likeness (QED) is 0.715. The number of rotatable bonds is 3. The molecule has 6 N–H and O–H groups in total. The Bertz CT molecular complexity index is 440. The summed E-state index contributed by atoms with van der Waals surface area (Å²) in [5.41, 5.74) is 17.0. The number of nitrogens with zero attached hydrogens (tertiary/aromatic N) is 2. The summed E-state index contributed by atoms with van der Waals surface area (Å²) in [6, 6.07) is 3.65. The molecule has 1 fully saturated rings. The van der Waals surface area contributed by atoms with E-state index >= 15 is 0 Å². The predicted octanol–water partition coefficient (Wildman–Crippen LogP) is 0.338. The van der Waals surface area contributed by atoms with Crippen LogP contribution >= 0.6 is 0 Å². The van der Waals surface area contributed by atoms with Crippen molar-refractivity contribution in [2.24, 2.45) is 11.7 Å². The van der Waals surface area contributed by atoms with E-state index in [0.717, 1.165) is 31.7 Å². The fourth-order valence-electron chi connectivity index (χ4n) is 2.30. The molecule has 2 rings (SSSR count). The van der Waals surface area contributed by atoms with E-state index in [4.69, 9.17) is 17.2 Å². The van der Waals surface area contributed by atoms with Gasteiger partial charge in [0.05, 0.1) is 5.69 Å². The molecule has 0 aromatic carbocycles. The maximum atomic E-state index is 10.9. The zero-order valence-corrected chi connectivity index (χ0v) is 10.3. The SMILES string of the molecule is NC(=O)CC1CCN(c2ccc(N)c(N)n2)CC1. The van der Waals surface area contributed by atoms with Crippen LogP contribution in [0.5, 0.6) is 0 Å². The van der Waals surface area contributed by atoms with E-state index in [9.17, 15) is 4.79 Å². The molecule has 18 heavy (non-hydrogen) atoms. The smallest absolute Gasteiger partial charge is 0.217 e. The first-order valence-electron chi connectivity index (χ1n) is 6.11. The molecule has 6 nitrogen and oxygen atoms in total. The van der Waals surface area contributed by atoms with E-state index in [1.807, 2.05) is 6.07 Å². The van der Waals surface area contributed by atoms with Gasteiger partial charge in [-0.05, 0) is 30.9 Å². The van der Waals surface area contributed by atoms with Crippen LogP contribution in [0.2, 0.25) is 0 Å². The van der Waals surface area contributed by atoms with E-state index in [-0.39, 0.29) is 5.91 Å². The first-order valence-corrected chi connectivity index (χ1v) is 6.11. The Balaban J connectivity index is 1.96. The fourth-order valence-corrected chi connectivity index (χ4v) is 2.30. The number of hydrogen-bond acceptors (Lipinski definition) is 5. The van der Waals surface area contributed by atoms with Gasteiger partial charge < -0.3 is 22.1 Å². The minimum atomic E-state index is -0.219. The van der Waals surface area contributed by atoms with Crippen molar-refractivity contribution < 1.29 is 4.79 Å². The van der Waals surface area contributed by atoms with Gasteiger partial charge in [-0.25, -0.2) is 4.98 Å². The fraction of sp³-hybridized carbons (Fsp3) is 0.500. The number of nitrogen functional groups attached to an aromatic ring is 2. The second-order valence-electron chi connectivity index (χ2n) is 4.74. The molecule has 0 aliphatic carbocycles. The molecule has 1 amide bonds. The van der Waals surface area contributed by atoms with Gasteiger partial charge in [-0.2, -0.15) is 0 Å². The van der Waals surface area contributed by atoms with Crippen molar-refractivity contribution in [3.63, 3.8) is 0 Å². The molecule has 0 radical (unpaired) electrons. The zero-order valence-electron chi connectivity index (χ0n) is 10.3. The lowest BCUT2D eigenvalue weighted by atomic mass is 9.93. The molecule has 0 saturated carbocycles. The van der Waals surface area contributed by atoms with Crippen LogP contribution < -0.4 is 22.1 Å². The number of hydrogen-bond donors (Lipinski definition) is 3. The molecule has 1 saturated heterocycles. The number of nitrogens with two attached hydrogens (primary N) is 3. The molecule has 1 aromatic rings. The standard InChI is InChI=1S/C12H19N5O/c13-9-1-2-11(16-12(9)15)17-5-3-8(4-6-17)7-10(14)18/h1-2,8H,3-7,13H2,(H2,14,18)(H2,15,16). The monoisotopic (exact) mass is 249 g/mol. The Morgan fingerprint density at radius 2 is 2.00 bits per heavy atom. The van der Waals surface area contributed by atoms with Crippen molar-refractivity contribution in [2.45, 2.75) is 19.3 Å². The second kappa shape index (κ2) is 5.12. The van der Waals surface area contributed by atoms with Gasteiger partial charge in [-0.15, -0.1) is 0 Å². The summed E-state index contributed by atoms with van der Waals surface area (Å²) in [5.74, 6) is 1.39. The Morgan fingerprint density at radius 1 is 1.33 bits per heavy atom. The summed E-state index contributed by atoms with van der Waals surface area (Å²) in [4.78, 5) is 17.3. The van der Waals surface area contributed by atoms with Gasteiger partial charge in [0.25, 0.3) is 0 Å². The molecule has 2 heterocycles. The average molecular weight is 249 g/mol. The second-order valence-corrected chi connectivity index (χ2v) is 4.74. The number of pyridine rings is 1. The number of amides is 1. The van der Waals surface area contributed by atoms with Crippen LogP contribution in [0.25, 0.3) is 0 Å². The highest BCUT2D eigenvalue weighted by Gasteiger charge is 2.21. The summed E-state index contributed by atoms with van der Waals surface area (Å²) in [6.07, 6.45) is 2.38. The number of carbonyl (C=O) groups is 1. The van der Waals surface area contributed by atoms with Crippen LogP contribution in [0.15, 0.2) is 12.1 Å². The van der Waals surface area contributed by atoms with Gasteiger partial charge in [-0.3, -0.25) is 4.79 Å². The molecule has 0 atom stereocenters. The summed E-state index contributed by atoms with van der Waals surface area (Å²) >= 11 is 0. The Labute approximate surface area is 106 Å². The first-order chi connectivity index (χ1) is 8.56. The van der Waals surface area contributed by atoms with Gasteiger partial charge in [0.2, 0.25) is 5.91 Å². The number of primary amides is 1. The Kier molecular flexibility index (Phi) is 3.55. The van der Waals surface area contributed by atoms with Crippen LogP contribution in [0, 0.1) is 5.92 Å². The molecule has 0 bridgehead atoms. The molecule has 98 valence electrons. The highest BCUT2D eigenvalue weighted by Crippen LogP contribution is 2.25. The van der Waals surface area contributed by atoms with Crippen molar-refractivity contribution >= 4 is 23.2 Å². The van der Waals surface area contributed by atoms with Gasteiger partial charge in [0.15, 0.2) is 0 Å². The average Bonchev–Trinajstić information content (AvgIpc) is 2.33. The van der Waals surface area contributed by atoms with Gasteiger partial charge in [-0.1, -0.05) is 0 Å². The van der Waals surface area contributed by atoms with Crippen molar-refractivity contribution in [3.8, 4) is 0 Å². The number of piperidine rings is 1. The lowest BCUT2D eigenvalue weighted by Gasteiger charge is -2.32. The third kappa shape index (κ3) is 2.82. The minimum absolute atomic E-state index is 0.219. The van der Waals surface area contributed by atoms with E-state index in [1.54, 1.807) is 6.07 Å². The van der Waals surface area contributed by atoms with Crippen molar-refractivity contribution in [1.82, 2.24) is 4.98 Å². The van der Waals surface area contributed by atoms with Crippen LogP contribution in [0.4, 0.5) is 17.3 Å². The predicted molar refractivity (Wildman–Crippen MR) is 71.8 cm³/mol. The lowest BCUT2D eigenvalue weighted by Crippen LogP contribution is -2.35. The maximum absolute atomic E-state index is 10.9. The first kappa shape index (κ1) is 12.5. The molecular formula is C12H19N5O. The molecular weight excluding hydrogens is 230 g/mol. The van der Waals surface area contributed by atoms with Gasteiger partial charge in [0.1, 0.15) is 11.6 Å². The minimum Gasteiger partial charge on any atom is -0.396 e. The molecule has 0 unspecified atom stereocenters. The Hall–Kier alpha value is -1.98. The highest BCUT2D eigenvalue weighted by atomic mass is 16.1. The summed E-state index contributed by atoms with van der Waals surface area (Å²) in [7, 11) is 0. The van der Waals surface area contributed by atoms with E-state index in [0.29, 0.717) is 23.8 Å². The molecule has 6 heteroatoms. The summed E-state index contributed by atoms with van der Waals surface area (Å²) < 4.78 is 0. The zero-order chi connectivity index (χ0) is 13.1. The highest BCUT2D eigenvalue weighted by molar-refractivity contribution is 5.74. The van der Waals surface area contributed by atoms with Crippen molar-refractivity contribution in [2.75, 3.05) is 29.5 Å². The van der Waals surface area contributed by atoms with Gasteiger partial charge in [0, 0.05) is 19.5 Å². The molecule has 1 aromatic heterocycles. The molecule has 1 aliphatic rings. The lowest BCUT2D eigenvalue weighted by molar-refractivity contribution is -0.119. The molecule has 0 spiro atoms. The van der Waals surface area contributed by atoms with Crippen LogP contribution in [0.1, 0.15) is 19.3 Å². The van der Waals surface area contributed by atoms with E-state index in [2.05, 4.69) is 9.88 Å². The van der Waals surface area contributed by atoms with E-state index in [1.165, 1.54) is 0 Å². The number of aromatic nitrogens is 1. The van der Waals surface area contributed by atoms with Gasteiger partial charge >= 0.3 is 0 Å². The van der Waals surface area contributed by atoms with Crippen LogP contribution in [-0.4, -0.2) is 24.0 Å². The van der Waals surface area contributed by atoms with Crippen molar-refractivity contribution in [1.29, 1.82) is 0 Å². The maximum Gasteiger partial charge on any atom is 0.217 e. The van der Waals surface area contributed by atoms with E-state index < -0.39 is 0 Å². The van der Waals surface area contributed by atoms with Crippen LogP contribution in [0.3, 0.4) is 0 Å².